The quantitative estimate of drug-likeness (QED) is 0.476. The van der Waals surface area contributed by atoms with Crippen LogP contribution < -0.4 is 4.90 Å². The Labute approximate surface area is 193 Å². The normalized spacial score (nSPS) is 13.7. The molecule has 0 unspecified atom stereocenters. The molecule has 3 aromatic rings. The number of benzene rings is 2. The summed E-state index contributed by atoms with van der Waals surface area (Å²) in [7, 11) is 0. The topological polar surface area (TPSA) is 53.5 Å². The number of anilines is 1. The van der Waals surface area contributed by atoms with Crippen molar-refractivity contribution in [1.82, 2.24) is 9.88 Å². The van der Waals surface area contributed by atoms with Crippen molar-refractivity contribution >= 4 is 23.1 Å². The van der Waals surface area contributed by atoms with Gasteiger partial charge in [-0.05, 0) is 72.9 Å². The Hall–Kier alpha value is -3.80. The summed E-state index contributed by atoms with van der Waals surface area (Å²) in [5, 5.41) is 0. The first kappa shape index (κ1) is 22.4. The Morgan fingerprint density at radius 3 is 2.12 bits per heavy atom. The molecular formula is C27H26FN3O2. The highest BCUT2D eigenvalue weighted by molar-refractivity contribution is 6.45. The molecule has 0 atom stereocenters. The van der Waals surface area contributed by atoms with E-state index in [0.29, 0.717) is 42.0 Å². The highest BCUT2D eigenvalue weighted by Gasteiger charge is 2.42. The van der Waals surface area contributed by atoms with Crippen molar-refractivity contribution in [3.05, 3.63) is 101 Å². The van der Waals surface area contributed by atoms with Gasteiger partial charge in [-0.1, -0.05) is 31.2 Å². The zero-order valence-corrected chi connectivity index (χ0v) is 18.8. The molecule has 1 aromatic heterocycles. The number of aryl methyl sites for hydroxylation is 1. The number of hydrogen-bond donors (Lipinski definition) is 0. The predicted octanol–water partition coefficient (Wildman–Crippen LogP) is 4.63. The van der Waals surface area contributed by atoms with Gasteiger partial charge in [0, 0.05) is 25.5 Å². The highest BCUT2D eigenvalue weighted by atomic mass is 19.1. The molecule has 0 fully saturated rings. The van der Waals surface area contributed by atoms with E-state index in [1.54, 1.807) is 36.7 Å². The molecule has 0 N–H and O–H groups in total. The molecule has 168 valence electrons. The number of amides is 2. The number of nitrogens with zero attached hydrogens (tertiary/aromatic N) is 3. The Bertz CT molecular complexity index is 1170. The molecule has 2 heterocycles. The molecule has 33 heavy (non-hydrogen) atoms. The minimum atomic E-state index is -0.395. The number of aromatic nitrogens is 1. The summed E-state index contributed by atoms with van der Waals surface area (Å²) in [6.07, 6.45) is 5.04. The summed E-state index contributed by atoms with van der Waals surface area (Å²) < 4.78 is 13.6. The number of halogens is 1. The number of imide groups is 1. The van der Waals surface area contributed by atoms with Crippen LogP contribution in [0.4, 0.5) is 10.1 Å². The second kappa shape index (κ2) is 9.77. The summed E-state index contributed by atoms with van der Waals surface area (Å²) in [5.41, 5.74) is 3.93. The van der Waals surface area contributed by atoms with Crippen molar-refractivity contribution < 1.29 is 14.0 Å². The third-order valence-electron chi connectivity index (χ3n) is 5.91. The molecule has 0 spiro atoms. The number of rotatable bonds is 8. The van der Waals surface area contributed by atoms with Gasteiger partial charge in [0.15, 0.2) is 0 Å². The maximum atomic E-state index is 13.7. The average Bonchev–Trinajstić information content (AvgIpc) is 3.11. The third kappa shape index (κ3) is 4.55. The van der Waals surface area contributed by atoms with E-state index in [-0.39, 0.29) is 5.91 Å². The van der Waals surface area contributed by atoms with Crippen LogP contribution in [0.15, 0.2) is 78.8 Å². The standard InChI is InChI=1S/C27H26FN3O2/c1-3-19-5-11-23(12-6-19)31-26(32)24(21-7-9-22(28)10-8-21)25(27(31)33)30(4-2)18-15-20-13-16-29-17-14-20/h5-14,16-17H,3-4,15,18H2,1-2H3. The van der Waals surface area contributed by atoms with Gasteiger partial charge in [-0.2, -0.15) is 0 Å². The second-order valence-corrected chi connectivity index (χ2v) is 7.88. The molecule has 4 rings (SSSR count). The van der Waals surface area contributed by atoms with E-state index in [1.807, 2.05) is 36.1 Å². The molecule has 2 amide bonds. The van der Waals surface area contributed by atoms with Gasteiger partial charge >= 0.3 is 0 Å². The SMILES string of the molecule is CCc1ccc(N2C(=O)C(c3ccc(F)cc3)=C(N(CC)CCc3ccncc3)C2=O)cc1. The maximum absolute atomic E-state index is 13.7. The highest BCUT2D eigenvalue weighted by Crippen LogP contribution is 2.35. The average molecular weight is 444 g/mol. The van der Waals surface area contributed by atoms with Crippen molar-refractivity contribution in [3.63, 3.8) is 0 Å². The van der Waals surface area contributed by atoms with Crippen LogP contribution in [0.1, 0.15) is 30.5 Å². The molecule has 0 radical (unpaired) electrons. The lowest BCUT2D eigenvalue weighted by molar-refractivity contribution is -0.120. The summed E-state index contributed by atoms with van der Waals surface area (Å²) in [4.78, 5) is 34.4. The maximum Gasteiger partial charge on any atom is 0.282 e. The van der Waals surface area contributed by atoms with Crippen molar-refractivity contribution in [1.29, 1.82) is 0 Å². The van der Waals surface area contributed by atoms with E-state index in [2.05, 4.69) is 11.9 Å². The minimum absolute atomic E-state index is 0.302. The summed E-state index contributed by atoms with van der Waals surface area (Å²) >= 11 is 0. The second-order valence-electron chi connectivity index (χ2n) is 7.88. The van der Waals surface area contributed by atoms with Gasteiger partial charge < -0.3 is 4.90 Å². The molecule has 2 aromatic carbocycles. The van der Waals surface area contributed by atoms with Crippen LogP contribution in [0.5, 0.6) is 0 Å². The van der Waals surface area contributed by atoms with Crippen LogP contribution in [0, 0.1) is 5.82 Å². The van der Waals surface area contributed by atoms with Gasteiger partial charge in [0.1, 0.15) is 11.5 Å². The molecule has 0 saturated carbocycles. The lowest BCUT2D eigenvalue weighted by atomic mass is 10.0. The summed E-state index contributed by atoms with van der Waals surface area (Å²) in [6.45, 7) is 5.11. The first-order valence-electron chi connectivity index (χ1n) is 11.1. The van der Waals surface area contributed by atoms with Crippen LogP contribution in [0.25, 0.3) is 5.57 Å². The zero-order chi connectivity index (χ0) is 23.4. The fourth-order valence-corrected chi connectivity index (χ4v) is 4.05. The lowest BCUT2D eigenvalue weighted by Crippen LogP contribution is -2.36. The van der Waals surface area contributed by atoms with Crippen LogP contribution in [0.3, 0.4) is 0 Å². The van der Waals surface area contributed by atoms with E-state index in [4.69, 9.17) is 0 Å². The molecule has 0 saturated heterocycles. The smallest absolute Gasteiger partial charge is 0.282 e. The van der Waals surface area contributed by atoms with Gasteiger partial charge in [0.2, 0.25) is 0 Å². The largest absolute Gasteiger partial charge is 0.366 e. The first-order chi connectivity index (χ1) is 16.0. The van der Waals surface area contributed by atoms with E-state index >= 15 is 0 Å². The van der Waals surface area contributed by atoms with E-state index < -0.39 is 11.7 Å². The van der Waals surface area contributed by atoms with Gasteiger partial charge in [-0.15, -0.1) is 0 Å². The van der Waals surface area contributed by atoms with Crippen LogP contribution >= 0.6 is 0 Å². The predicted molar refractivity (Wildman–Crippen MR) is 127 cm³/mol. The number of likely N-dealkylation sites (N-methyl/N-ethyl adjacent to an activating group) is 1. The monoisotopic (exact) mass is 443 g/mol. The fraction of sp³-hybridized carbons (Fsp3) is 0.222. The minimum Gasteiger partial charge on any atom is -0.366 e. The van der Waals surface area contributed by atoms with Gasteiger partial charge in [-0.3, -0.25) is 14.6 Å². The van der Waals surface area contributed by atoms with Gasteiger partial charge in [0.25, 0.3) is 11.8 Å². The Morgan fingerprint density at radius 2 is 1.52 bits per heavy atom. The number of carbonyl (C=O) groups is 2. The van der Waals surface area contributed by atoms with E-state index in [1.165, 1.54) is 17.0 Å². The third-order valence-corrected chi connectivity index (χ3v) is 5.91. The molecule has 5 nitrogen and oxygen atoms in total. The van der Waals surface area contributed by atoms with Crippen molar-refractivity contribution in [2.24, 2.45) is 0 Å². The molecule has 0 aliphatic carbocycles. The Kier molecular flexibility index (Phi) is 6.63. The molecule has 6 heteroatoms. The fourth-order valence-electron chi connectivity index (χ4n) is 4.05. The van der Waals surface area contributed by atoms with Crippen molar-refractivity contribution in [3.8, 4) is 0 Å². The van der Waals surface area contributed by atoms with Gasteiger partial charge in [-0.25, -0.2) is 9.29 Å². The molecule has 1 aliphatic heterocycles. The van der Waals surface area contributed by atoms with Gasteiger partial charge in [0.05, 0.1) is 11.3 Å². The van der Waals surface area contributed by atoms with Crippen LogP contribution in [-0.2, 0) is 22.4 Å². The lowest BCUT2D eigenvalue weighted by Gasteiger charge is -2.25. The van der Waals surface area contributed by atoms with Crippen molar-refractivity contribution in [2.75, 3.05) is 18.0 Å². The van der Waals surface area contributed by atoms with Crippen LogP contribution in [-0.4, -0.2) is 34.8 Å². The number of hydrogen-bond acceptors (Lipinski definition) is 4. The Balaban J connectivity index is 1.74. The van der Waals surface area contributed by atoms with E-state index in [0.717, 1.165) is 17.5 Å². The zero-order valence-electron chi connectivity index (χ0n) is 18.8. The van der Waals surface area contributed by atoms with E-state index in [9.17, 15) is 14.0 Å². The number of pyridine rings is 1. The molecule has 1 aliphatic rings. The Morgan fingerprint density at radius 1 is 0.848 bits per heavy atom. The summed E-state index contributed by atoms with van der Waals surface area (Å²) in [5.74, 6) is -1.15. The molecular weight excluding hydrogens is 417 g/mol. The number of carbonyl (C=O) groups excluding carboxylic acids is 2. The first-order valence-corrected chi connectivity index (χ1v) is 11.1. The van der Waals surface area contributed by atoms with Crippen molar-refractivity contribution in [2.45, 2.75) is 26.7 Å². The molecule has 0 bridgehead atoms. The summed E-state index contributed by atoms with van der Waals surface area (Å²) in [6, 6.07) is 17.0. The van der Waals surface area contributed by atoms with Crippen LogP contribution in [0.2, 0.25) is 0 Å².